The Kier molecular flexibility index (Phi) is 6.50. The van der Waals surface area contributed by atoms with Crippen molar-refractivity contribution >= 4 is 17.5 Å². The van der Waals surface area contributed by atoms with Gasteiger partial charge in [-0.2, -0.15) is 4.98 Å². The number of aryl methyl sites for hydroxylation is 1. The normalized spacial score (nSPS) is 18.5. The molecule has 32 heavy (non-hydrogen) atoms. The van der Waals surface area contributed by atoms with Gasteiger partial charge in [-0.1, -0.05) is 31.2 Å². The van der Waals surface area contributed by atoms with Gasteiger partial charge in [-0.15, -0.1) is 0 Å². The summed E-state index contributed by atoms with van der Waals surface area (Å²) < 4.78 is 25.8. The third-order valence-corrected chi connectivity index (χ3v) is 5.43. The number of rotatable bonds is 6. The molecule has 0 unspecified atom stereocenters. The van der Waals surface area contributed by atoms with Gasteiger partial charge in [0, 0.05) is 24.8 Å². The fourth-order valence-electron chi connectivity index (χ4n) is 3.86. The van der Waals surface area contributed by atoms with Crippen LogP contribution >= 0.6 is 0 Å². The average molecular weight is 438 g/mol. The van der Waals surface area contributed by atoms with E-state index < -0.39 is 5.82 Å². The van der Waals surface area contributed by atoms with E-state index in [-0.39, 0.29) is 18.0 Å². The Morgan fingerprint density at radius 3 is 2.47 bits per heavy atom. The van der Waals surface area contributed by atoms with Crippen molar-refractivity contribution in [1.82, 2.24) is 15.0 Å². The van der Waals surface area contributed by atoms with E-state index in [4.69, 9.17) is 9.47 Å². The maximum atomic E-state index is 14.6. The number of aromatic nitrogens is 3. The Balaban J connectivity index is 1.64. The van der Waals surface area contributed by atoms with Crippen LogP contribution in [0.2, 0.25) is 0 Å². The molecule has 0 spiro atoms. The zero-order valence-electron chi connectivity index (χ0n) is 18.8. The van der Waals surface area contributed by atoms with Gasteiger partial charge in [-0.3, -0.25) is 0 Å². The third-order valence-electron chi connectivity index (χ3n) is 5.43. The Labute approximate surface area is 187 Å². The molecule has 1 aliphatic heterocycles. The highest BCUT2D eigenvalue weighted by atomic mass is 19.1. The molecule has 4 rings (SSSR count). The summed E-state index contributed by atoms with van der Waals surface area (Å²) in [5.41, 5.74) is 3.69. The number of methoxy groups -OCH3 is 1. The van der Waals surface area contributed by atoms with Crippen molar-refractivity contribution in [3.05, 3.63) is 54.1 Å². The first-order chi connectivity index (χ1) is 15.5. The summed E-state index contributed by atoms with van der Waals surface area (Å²) in [7, 11) is 1.53. The van der Waals surface area contributed by atoms with E-state index in [9.17, 15) is 4.39 Å². The largest absolute Gasteiger partial charge is 0.480 e. The summed E-state index contributed by atoms with van der Waals surface area (Å²) in [5.74, 6) is 0.324. The van der Waals surface area contributed by atoms with Gasteiger partial charge in [0.15, 0.2) is 11.6 Å². The lowest BCUT2D eigenvalue weighted by Crippen LogP contribution is -2.46. The second-order valence-corrected chi connectivity index (χ2v) is 7.99. The minimum absolute atomic E-state index is 0.0453. The maximum absolute atomic E-state index is 14.6. The molecule has 7 nitrogen and oxygen atoms in total. The second kappa shape index (κ2) is 9.48. The standard InChI is InChI=1S/C24H28FN5O2/c1-5-17-6-8-18(9-7-17)19-10-21(23(31-4)26-11-19)28-22-20(25)12-27-24(29-22)30-13-15(2)32-16(3)14-30/h6-12,15-16H,5,13-14H2,1-4H3,(H,27,28,29)/t15-,16+. The molecule has 1 N–H and O–H groups in total. The van der Waals surface area contributed by atoms with Gasteiger partial charge in [-0.05, 0) is 37.5 Å². The molecule has 3 aromatic rings. The smallest absolute Gasteiger partial charge is 0.237 e. The molecule has 168 valence electrons. The zero-order chi connectivity index (χ0) is 22.7. The minimum Gasteiger partial charge on any atom is -0.480 e. The number of nitrogens with zero attached hydrogens (tertiary/aromatic N) is 4. The van der Waals surface area contributed by atoms with Crippen LogP contribution in [0.5, 0.6) is 5.88 Å². The van der Waals surface area contributed by atoms with Crippen molar-refractivity contribution in [2.75, 3.05) is 30.4 Å². The highest BCUT2D eigenvalue weighted by molar-refractivity contribution is 5.72. The van der Waals surface area contributed by atoms with E-state index in [0.29, 0.717) is 30.6 Å². The topological polar surface area (TPSA) is 72.4 Å². The molecular weight excluding hydrogens is 409 g/mol. The van der Waals surface area contributed by atoms with Crippen LogP contribution in [0.1, 0.15) is 26.3 Å². The molecule has 1 aromatic carbocycles. The summed E-state index contributed by atoms with van der Waals surface area (Å²) >= 11 is 0. The lowest BCUT2D eigenvalue weighted by Gasteiger charge is -2.35. The highest BCUT2D eigenvalue weighted by Crippen LogP contribution is 2.31. The number of pyridine rings is 1. The van der Waals surface area contributed by atoms with E-state index >= 15 is 0 Å². The van der Waals surface area contributed by atoms with Crippen molar-refractivity contribution in [2.24, 2.45) is 0 Å². The van der Waals surface area contributed by atoms with Gasteiger partial charge in [-0.25, -0.2) is 14.4 Å². The zero-order valence-corrected chi connectivity index (χ0v) is 18.8. The van der Waals surface area contributed by atoms with Crippen LogP contribution in [0.15, 0.2) is 42.7 Å². The molecule has 8 heteroatoms. The molecule has 0 saturated carbocycles. The summed E-state index contributed by atoms with van der Waals surface area (Å²) in [5, 5.41) is 3.05. The molecule has 0 radical (unpaired) electrons. The van der Waals surface area contributed by atoms with E-state index in [1.54, 1.807) is 6.20 Å². The molecule has 3 heterocycles. The Morgan fingerprint density at radius 2 is 1.81 bits per heavy atom. The molecule has 0 amide bonds. The quantitative estimate of drug-likeness (QED) is 0.604. The molecule has 1 fully saturated rings. The van der Waals surface area contributed by atoms with Crippen LogP contribution in [0, 0.1) is 5.82 Å². The van der Waals surface area contributed by atoms with Crippen LogP contribution in [0.4, 0.5) is 21.8 Å². The highest BCUT2D eigenvalue weighted by Gasteiger charge is 2.25. The van der Waals surface area contributed by atoms with Crippen LogP contribution in [0.3, 0.4) is 0 Å². The first-order valence-electron chi connectivity index (χ1n) is 10.8. The van der Waals surface area contributed by atoms with E-state index in [1.165, 1.54) is 18.9 Å². The number of benzene rings is 1. The van der Waals surface area contributed by atoms with Gasteiger partial charge in [0.2, 0.25) is 11.8 Å². The number of ether oxygens (including phenoxy) is 2. The molecule has 2 aromatic heterocycles. The van der Waals surface area contributed by atoms with Gasteiger partial charge in [0.25, 0.3) is 0 Å². The number of morpholine rings is 1. The van der Waals surface area contributed by atoms with Crippen molar-refractivity contribution in [2.45, 2.75) is 39.4 Å². The number of nitrogens with one attached hydrogen (secondary N) is 1. The third kappa shape index (κ3) is 4.80. The van der Waals surface area contributed by atoms with E-state index in [0.717, 1.165) is 17.5 Å². The van der Waals surface area contributed by atoms with Gasteiger partial charge in [0.05, 0.1) is 25.5 Å². The lowest BCUT2D eigenvalue weighted by atomic mass is 10.0. The van der Waals surface area contributed by atoms with Crippen LogP contribution in [-0.2, 0) is 11.2 Å². The summed E-state index contributed by atoms with van der Waals surface area (Å²) in [6, 6.07) is 10.2. The van der Waals surface area contributed by atoms with Crippen LogP contribution < -0.4 is 15.0 Å². The van der Waals surface area contributed by atoms with Crippen molar-refractivity contribution in [3.63, 3.8) is 0 Å². The molecule has 0 bridgehead atoms. The molecular formula is C24H28FN5O2. The Morgan fingerprint density at radius 1 is 1.09 bits per heavy atom. The van der Waals surface area contributed by atoms with E-state index in [2.05, 4.69) is 51.5 Å². The van der Waals surface area contributed by atoms with Crippen molar-refractivity contribution in [3.8, 4) is 17.0 Å². The van der Waals surface area contributed by atoms with Gasteiger partial charge >= 0.3 is 0 Å². The number of anilines is 3. The monoisotopic (exact) mass is 437 g/mol. The predicted molar refractivity (Wildman–Crippen MR) is 123 cm³/mol. The number of hydrogen-bond donors (Lipinski definition) is 1. The lowest BCUT2D eigenvalue weighted by molar-refractivity contribution is -0.00572. The summed E-state index contributed by atoms with van der Waals surface area (Å²) in [6.07, 6.45) is 3.99. The molecule has 1 aliphatic rings. The molecule has 0 aliphatic carbocycles. The first kappa shape index (κ1) is 22.0. The average Bonchev–Trinajstić information content (AvgIpc) is 2.80. The number of hydrogen-bond acceptors (Lipinski definition) is 7. The second-order valence-electron chi connectivity index (χ2n) is 7.99. The fraction of sp³-hybridized carbons (Fsp3) is 0.375. The Bertz CT molecular complexity index is 1070. The SMILES string of the molecule is CCc1ccc(-c2cnc(OC)c(Nc3nc(N4C[C@@H](C)O[C@@H](C)C4)ncc3F)c2)cc1. The minimum atomic E-state index is -0.553. The summed E-state index contributed by atoms with van der Waals surface area (Å²) in [4.78, 5) is 15.0. The van der Waals surface area contributed by atoms with E-state index in [1.807, 2.05) is 24.8 Å². The molecule has 2 atom stereocenters. The van der Waals surface area contributed by atoms with Crippen LogP contribution in [-0.4, -0.2) is 47.4 Å². The van der Waals surface area contributed by atoms with Crippen LogP contribution in [0.25, 0.3) is 11.1 Å². The van der Waals surface area contributed by atoms with Crippen molar-refractivity contribution < 1.29 is 13.9 Å². The Hall–Kier alpha value is -3.26. The van der Waals surface area contributed by atoms with Crippen molar-refractivity contribution in [1.29, 1.82) is 0 Å². The maximum Gasteiger partial charge on any atom is 0.237 e. The summed E-state index contributed by atoms with van der Waals surface area (Å²) in [6.45, 7) is 7.41. The first-order valence-corrected chi connectivity index (χ1v) is 10.8. The fourth-order valence-corrected chi connectivity index (χ4v) is 3.86. The number of halogens is 1. The van der Waals surface area contributed by atoms with Gasteiger partial charge in [0.1, 0.15) is 5.69 Å². The van der Waals surface area contributed by atoms with Gasteiger partial charge < -0.3 is 19.7 Å². The molecule has 1 saturated heterocycles. The predicted octanol–water partition coefficient (Wildman–Crippen LogP) is 4.61.